The van der Waals surface area contributed by atoms with Crippen LogP contribution in [0.1, 0.15) is 64.2 Å². The van der Waals surface area contributed by atoms with Gasteiger partial charge in [0.15, 0.2) is 5.58 Å². The van der Waals surface area contributed by atoms with Gasteiger partial charge >= 0.3 is 0 Å². The molecule has 0 saturated heterocycles. The lowest BCUT2D eigenvalue weighted by Crippen LogP contribution is -2.18. The second-order valence-corrected chi connectivity index (χ2v) is 7.67. The lowest BCUT2D eigenvalue weighted by molar-refractivity contribution is 0.315. The molecule has 3 rings (SSSR count). The minimum atomic E-state index is 0.155. The van der Waals surface area contributed by atoms with Crippen LogP contribution in [0.15, 0.2) is 39.1 Å². The molecule has 1 atom stereocenters. The summed E-state index contributed by atoms with van der Waals surface area (Å²) in [4.78, 5) is 4.56. The van der Waals surface area contributed by atoms with Crippen molar-refractivity contribution in [3.63, 3.8) is 0 Å². The Morgan fingerprint density at radius 3 is 2.46 bits per heavy atom. The summed E-state index contributed by atoms with van der Waals surface area (Å²) in [5, 5.41) is 14.0. The number of nitrogens with zero attached hydrogens (tertiary/aromatic N) is 2. The van der Waals surface area contributed by atoms with E-state index in [0.717, 1.165) is 42.5 Å². The van der Waals surface area contributed by atoms with Gasteiger partial charge in [0.2, 0.25) is 0 Å². The van der Waals surface area contributed by atoms with Crippen LogP contribution in [0.5, 0.6) is 0 Å². The third-order valence-corrected chi connectivity index (χ3v) is 5.84. The topological polar surface area (TPSA) is 58.6 Å². The first-order chi connectivity index (χ1) is 11.9. The van der Waals surface area contributed by atoms with Crippen molar-refractivity contribution >= 4 is 28.6 Å². The number of oxazole rings is 1. The van der Waals surface area contributed by atoms with Gasteiger partial charge in [0.25, 0.3) is 5.22 Å². The van der Waals surface area contributed by atoms with Gasteiger partial charge in [0.05, 0.1) is 11.0 Å². The second-order valence-electron chi connectivity index (χ2n) is 6.51. The summed E-state index contributed by atoms with van der Waals surface area (Å²) >= 11 is 1.61. The number of benzene rings is 1. The maximum Gasteiger partial charge on any atom is 0.257 e. The van der Waals surface area contributed by atoms with Crippen LogP contribution in [0, 0.1) is 0 Å². The number of oxime groups is 1. The number of rotatable bonds is 2. The molecule has 4 nitrogen and oxygen atoms in total. The van der Waals surface area contributed by atoms with Gasteiger partial charge < -0.3 is 9.62 Å². The lowest BCUT2D eigenvalue weighted by Gasteiger charge is -2.17. The van der Waals surface area contributed by atoms with E-state index in [2.05, 4.69) is 10.1 Å². The molecule has 1 saturated carbocycles. The SMILES string of the molecule is O/N=C1/CCCCCCCCCCC1Sc1nc2ccccc2o1. The number of para-hydroxylation sites is 2. The quantitative estimate of drug-likeness (QED) is 0.532. The van der Waals surface area contributed by atoms with Crippen LogP contribution in [0.2, 0.25) is 0 Å². The average molecular weight is 346 g/mol. The molecule has 2 aromatic rings. The van der Waals surface area contributed by atoms with E-state index in [1.54, 1.807) is 11.8 Å². The van der Waals surface area contributed by atoms with E-state index < -0.39 is 0 Å². The predicted octanol–water partition coefficient (Wildman–Crippen LogP) is 6.03. The number of aromatic nitrogens is 1. The fourth-order valence-corrected chi connectivity index (χ4v) is 4.41. The van der Waals surface area contributed by atoms with Gasteiger partial charge in [-0.25, -0.2) is 4.98 Å². The van der Waals surface area contributed by atoms with Crippen LogP contribution in [-0.4, -0.2) is 21.2 Å². The van der Waals surface area contributed by atoms with Crippen molar-refractivity contribution < 1.29 is 9.62 Å². The Morgan fingerprint density at radius 2 is 1.71 bits per heavy atom. The van der Waals surface area contributed by atoms with Crippen molar-refractivity contribution in [1.29, 1.82) is 0 Å². The molecular weight excluding hydrogens is 320 g/mol. The van der Waals surface area contributed by atoms with Gasteiger partial charge in [-0.3, -0.25) is 0 Å². The van der Waals surface area contributed by atoms with Crippen LogP contribution in [-0.2, 0) is 0 Å². The fraction of sp³-hybridized carbons (Fsp3) is 0.579. The normalized spacial score (nSPS) is 23.0. The average Bonchev–Trinajstić information content (AvgIpc) is 3.00. The smallest absolute Gasteiger partial charge is 0.257 e. The molecule has 1 unspecified atom stereocenters. The molecule has 24 heavy (non-hydrogen) atoms. The van der Waals surface area contributed by atoms with Gasteiger partial charge in [-0.05, 0) is 31.4 Å². The highest BCUT2D eigenvalue weighted by Gasteiger charge is 2.21. The number of hydrogen-bond donors (Lipinski definition) is 1. The minimum absolute atomic E-state index is 0.155. The molecular formula is C19H26N2O2S. The molecule has 1 N–H and O–H groups in total. The first-order valence-corrected chi connectivity index (χ1v) is 9.98. The molecule has 0 spiro atoms. The van der Waals surface area contributed by atoms with E-state index in [9.17, 15) is 5.21 Å². The maximum atomic E-state index is 9.51. The van der Waals surface area contributed by atoms with Crippen LogP contribution in [0.3, 0.4) is 0 Å². The van der Waals surface area contributed by atoms with E-state index in [-0.39, 0.29) is 5.25 Å². The highest BCUT2D eigenvalue weighted by atomic mass is 32.2. The molecule has 1 aromatic heterocycles. The van der Waals surface area contributed by atoms with Crippen LogP contribution in [0.25, 0.3) is 11.1 Å². The molecule has 1 aliphatic carbocycles. The van der Waals surface area contributed by atoms with Crippen molar-refractivity contribution in [2.24, 2.45) is 5.16 Å². The van der Waals surface area contributed by atoms with Gasteiger partial charge in [-0.1, -0.05) is 74.0 Å². The zero-order valence-electron chi connectivity index (χ0n) is 14.1. The van der Waals surface area contributed by atoms with Crippen molar-refractivity contribution in [2.75, 3.05) is 0 Å². The molecule has 130 valence electrons. The first kappa shape index (κ1) is 17.3. The Hall–Kier alpha value is -1.49. The molecule has 1 aromatic carbocycles. The van der Waals surface area contributed by atoms with Gasteiger partial charge in [0, 0.05) is 0 Å². The maximum absolute atomic E-state index is 9.51. The van der Waals surface area contributed by atoms with Crippen molar-refractivity contribution in [1.82, 2.24) is 4.98 Å². The summed E-state index contributed by atoms with van der Waals surface area (Å²) in [7, 11) is 0. The van der Waals surface area contributed by atoms with E-state index >= 15 is 0 Å². The summed E-state index contributed by atoms with van der Waals surface area (Å²) in [6, 6.07) is 7.83. The molecule has 0 amide bonds. The second kappa shape index (κ2) is 9.11. The minimum Gasteiger partial charge on any atom is -0.431 e. The van der Waals surface area contributed by atoms with Crippen LogP contribution in [0.4, 0.5) is 0 Å². The van der Waals surface area contributed by atoms with Gasteiger partial charge in [0.1, 0.15) is 5.52 Å². The van der Waals surface area contributed by atoms with Crippen molar-refractivity contribution in [3.05, 3.63) is 24.3 Å². The highest BCUT2D eigenvalue weighted by Crippen LogP contribution is 2.31. The Kier molecular flexibility index (Phi) is 6.58. The van der Waals surface area contributed by atoms with Gasteiger partial charge in [-0.2, -0.15) is 0 Å². The molecule has 0 aliphatic heterocycles. The summed E-state index contributed by atoms with van der Waals surface area (Å²) < 4.78 is 5.85. The fourth-order valence-electron chi connectivity index (χ4n) is 3.29. The third-order valence-electron chi connectivity index (χ3n) is 4.67. The Bertz CT molecular complexity index is 635. The third kappa shape index (κ3) is 4.76. The van der Waals surface area contributed by atoms with E-state index in [0.29, 0.717) is 5.22 Å². The summed E-state index contributed by atoms with van der Waals surface area (Å²) in [6.07, 6.45) is 11.9. The largest absolute Gasteiger partial charge is 0.431 e. The zero-order valence-corrected chi connectivity index (χ0v) is 14.9. The Labute approximate surface area is 147 Å². The lowest BCUT2D eigenvalue weighted by atomic mass is 9.99. The highest BCUT2D eigenvalue weighted by molar-refractivity contribution is 8.00. The van der Waals surface area contributed by atoms with E-state index in [4.69, 9.17) is 4.42 Å². The molecule has 5 heteroatoms. The molecule has 0 radical (unpaired) electrons. The van der Waals surface area contributed by atoms with Crippen LogP contribution >= 0.6 is 11.8 Å². The van der Waals surface area contributed by atoms with Gasteiger partial charge in [-0.15, -0.1) is 0 Å². The van der Waals surface area contributed by atoms with Crippen LogP contribution < -0.4 is 0 Å². The Balaban J connectivity index is 1.72. The molecule has 1 aliphatic rings. The predicted molar refractivity (Wildman–Crippen MR) is 99.0 cm³/mol. The monoisotopic (exact) mass is 346 g/mol. The van der Waals surface area contributed by atoms with E-state index in [1.165, 1.54) is 38.5 Å². The number of fused-ring (bicyclic) bond motifs is 1. The molecule has 1 heterocycles. The summed E-state index contributed by atoms with van der Waals surface area (Å²) in [6.45, 7) is 0. The number of hydrogen-bond acceptors (Lipinski definition) is 5. The Morgan fingerprint density at radius 1 is 1.00 bits per heavy atom. The number of thioether (sulfide) groups is 1. The summed E-state index contributed by atoms with van der Waals surface area (Å²) in [5.41, 5.74) is 2.59. The first-order valence-electron chi connectivity index (χ1n) is 9.10. The van der Waals surface area contributed by atoms with Crippen molar-refractivity contribution in [2.45, 2.75) is 74.7 Å². The molecule has 0 bridgehead atoms. The summed E-state index contributed by atoms with van der Waals surface area (Å²) in [5.74, 6) is 0. The van der Waals surface area contributed by atoms with E-state index in [1.807, 2.05) is 24.3 Å². The zero-order chi connectivity index (χ0) is 16.6. The van der Waals surface area contributed by atoms with Crippen molar-refractivity contribution in [3.8, 4) is 0 Å². The standard InChI is InChI=1S/C19H26N2O2S/c22-21-16-12-7-5-3-1-2-4-6-8-14-18(16)24-19-20-15-11-9-10-13-17(15)23-19/h9-11,13,18,22H,1-8,12,14H2/b21-16-. The molecule has 1 fully saturated rings.